The fourth-order valence-electron chi connectivity index (χ4n) is 6.55. The minimum Gasteiger partial charge on any atom is -0.507 e. The maximum Gasteiger partial charge on any atom is 0.137 e. The van der Waals surface area contributed by atoms with E-state index in [0.29, 0.717) is 11.3 Å². The number of para-hydroxylation sites is 2. The summed E-state index contributed by atoms with van der Waals surface area (Å²) in [5, 5.41) is 11.0. The van der Waals surface area contributed by atoms with Crippen molar-refractivity contribution in [2.75, 3.05) is 4.90 Å². The number of rotatable bonds is 7. The van der Waals surface area contributed by atoms with Crippen LogP contribution in [0.1, 0.15) is 52.7 Å². The summed E-state index contributed by atoms with van der Waals surface area (Å²) in [6.07, 6.45) is 1.83. The van der Waals surface area contributed by atoms with Gasteiger partial charge in [-0.25, -0.2) is 9.97 Å². The van der Waals surface area contributed by atoms with Crippen molar-refractivity contribution < 1.29 is 5.11 Å². The largest absolute Gasteiger partial charge is 0.507 e. The molecule has 258 valence electrons. The second-order valence-electron chi connectivity index (χ2n) is 15.4. The maximum absolute atomic E-state index is 11.0. The van der Waals surface area contributed by atoms with E-state index in [9.17, 15) is 5.11 Å². The second kappa shape index (κ2) is 14.0. The molecule has 2 aromatic heterocycles. The lowest BCUT2D eigenvalue weighted by Crippen LogP contribution is -2.16. The highest BCUT2D eigenvalue weighted by atomic mass is 16.3. The van der Waals surface area contributed by atoms with E-state index in [1.807, 2.05) is 48.7 Å². The summed E-state index contributed by atoms with van der Waals surface area (Å²) >= 11 is 0. The third-order valence-corrected chi connectivity index (χ3v) is 9.51. The van der Waals surface area contributed by atoms with Crippen LogP contribution in [0.4, 0.5) is 17.2 Å². The van der Waals surface area contributed by atoms with Gasteiger partial charge in [-0.15, -0.1) is 0 Å². The summed E-state index contributed by atoms with van der Waals surface area (Å²) in [7, 11) is 0. The van der Waals surface area contributed by atoms with E-state index in [4.69, 9.17) is 9.97 Å². The first kappa shape index (κ1) is 34.4. The first-order valence-corrected chi connectivity index (χ1v) is 17.9. The molecule has 0 aliphatic heterocycles. The number of phenols is 1. The Hall–Kier alpha value is -6.00. The molecule has 0 bridgehead atoms. The molecule has 1 N–H and O–H groups in total. The third-order valence-electron chi connectivity index (χ3n) is 9.51. The molecular weight excluding hydrogens is 635 g/mol. The normalized spacial score (nSPS) is 11.7. The number of aromatic nitrogens is 2. The van der Waals surface area contributed by atoms with Crippen LogP contribution in [0.25, 0.3) is 44.8 Å². The van der Waals surface area contributed by atoms with E-state index in [1.165, 1.54) is 11.1 Å². The third kappa shape index (κ3) is 7.24. The molecular formula is C48H45N3O. The summed E-state index contributed by atoms with van der Waals surface area (Å²) < 4.78 is 0. The number of phenolic OH excluding ortho intramolecular Hbond substituents is 1. The highest BCUT2D eigenvalue weighted by molar-refractivity contribution is 5.88. The Balaban J connectivity index is 1.44. The van der Waals surface area contributed by atoms with Gasteiger partial charge in [-0.3, -0.25) is 4.90 Å². The van der Waals surface area contributed by atoms with Gasteiger partial charge >= 0.3 is 0 Å². The molecule has 5 aromatic carbocycles. The number of hydrogen-bond donors (Lipinski definition) is 1. The number of pyridine rings is 2. The van der Waals surface area contributed by atoms with Crippen LogP contribution < -0.4 is 4.90 Å². The van der Waals surface area contributed by atoms with Crippen LogP contribution in [-0.2, 0) is 10.8 Å². The van der Waals surface area contributed by atoms with Crippen LogP contribution >= 0.6 is 0 Å². The molecule has 0 amide bonds. The molecule has 0 radical (unpaired) electrons. The average Bonchev–Trinajstić information content (AvgIpc) is 3.15. The van der Waals surface area contributed by atoms with Crippen LogP contribution in [0.15, 0.2) is 158 Å². The fourth-order valence-corrected chi connectivity index (χ4v) is 6.55. The minimum absolute atomic E-state index is 0.0360. The number of hydrogen-bond acceptors (Lipinski definition) is 4. The van der Waals surface area contributed by atoms with Gasteiger partial charge in [-0.1, -0.05) is 139 Å². The Labute approximate surface area is 308 Å². The zero-order valence-electron chi connectivity index (χ0n) is 30.8. The van der Waals surface area contributed by atoms with E-state index in [2.05, 4.69) is 150 Å². The van der Waals surface area contributed by atoms with Gasteiger partial charge in [-0.05, 0) is 93.2 Å². The Morgan fingerprint density at radius 3 is 1.75 bits per heavy atom. The van der Waals surface area contributed by atoms with E-state index < -0.39 is 0 Å². The lowest BCUT2D eigenvalue weighted by Gasteiger charge is -2.27. The first-order chi connectivity index (χ1) is 25.0. The topological polar surface area (TPSA) is 49.2 Å². The van der Waals surface area contributed by atoms with Crippen LogP contribution in [-0.4, -0.2) is 15.1 Å². The number of nitrogens with zero attached hydrogens (tertiary/aromatic N) is 3. The molecule has 7 rings (SSSR count). The van der Waals surface area contributed by atoms with Crippen LogP contribution in [0.2, 0.25) is 0 Å². The Morgan fingerprint density at radius 1 is 0.481 bits per heavy atom. The lowest BCUT2D eigenvalue weighted by atomic mass is 9.79. The van der Waals surface area contributed by atoms with E-state index >= 15 is 0 Å². The van der Waals surface area contributed by atoms with E-state index in [1.54, 1.807) is 6.07 Å². The van der Waals surface area contributed by atoms with Crippen molar-refractivity contribution in [3.8, 4) is 50.5 Å². The second-order valence-corrected chi connectivity index (χ2v) is 15.4. The van der Waals surface area contributed by atoms with Gasteiger partial charge in [-0.2, -0.15) is 0 Å². The monoisotopic (exact) mass is 679 g/mol. The lowest BCUT2D eigenvalue weighted by molar-refractivity contribution is 0.477. The Kier molecular flexibility index (Phi) is 9.25. The van der Waals surface area contributed by atoms with Crippen molar-refractivity contribution in [3.05, 3.63) is 169 Å². The zero-order chi connectivity index (χ0) is 36.5. The van der Waals surface area contributed by atoms with Crippen molar-refractivity contribution in [1.82, 2.24) is 9.97 Å². The van der Waals surface area contributed by atoms with Crippen molar-refractivity contribution >= 4 is 17.2 Å². The number of anilines is 3. The van der Waals surface area contributed by atoms with Gasteiger partial charge in [0.05, 0.1) is 17.1 Å². The summed E-state index contributed by atoms with van der Waals surface area (Å²) in [5.41, 5.74) is 12.0. The van der Waals surface area contributed by atoms with Crippen LogP contribution in [0.3, 0.4) is 0 Å². The molecule has 2 heterocycles. The van der Waals surface area contributed by atoms with Crippen molar-refractivity contribution in [2.24, 2.45) is 0 Å². The van der Waals surface area contributed by atoms with E-state index in [-0.39, 0.29) is 16.6 Å². The van der Waals surface area contributed by atoms with Gasteiger partial charge in [0.15, 0.2) is 0 Å². The SMILES string of the molecule is CC(C)(C)c1cc(-c2cc(-c3cccc(N(c4ccccn4)c4ccccc4-c4ccccc4)c3)nc(-c3ccccc3O)c2)cc(C(C)(C)C)c1. The molecule has 0 aliphatic carbocycles. The molecule has 0 atom stereocenters. The van der Waals surface area contributed by atoms with Crippen LogP contribution in [0.5, 0.6) is 5.75 Å². The van der Waals surface area contributed by atoms with Gasteiger partial charge in [0.2, 0.25) is 0 Å². The number of benzene rings is 5. The molecule has 0 saturated carbocycles. The number of aromatic hydroxyl groups is 1. The molecule has 0 aliphatic rings. The Morgan fingerprint density at radius 2 is 1.08 bits per heavy atom. The fraction of sp³-hybridized carbons (Fsp3) is 0.167. The molecule has 52 heavy (non-hydrogen) atoms. The maximum atomic E-state index is 11.0. The van der Waals surface area contributed by atoms with Gasteiger partial charge < -0.3 is 5.11 Å². The predicted molar refractivity (Wildman–Crippen MR) is 218 cm³/mol. The van der Waals surface area contributed by atoms with Gasteiger partial charge in [0.1, 0.15) is 11.6 Å². The molecule has 0 fully saturated rings. The molecule has 0 spiro atoms. The molecule has 0 saturated heterocycles. The minimum atomic E-state index is -0.0360. The summed E-state index contributed by atoms with van der Waals surface area (Å²) in [6, 6.07) is 52.1. The summed E-state index contributed by atoms with van der Waals surface area (Å²) in [6.45, 7) is 13.6. The standard InChI is InChI=1S/C48H45N3O/c1-47(2,3)37-27-35(28-38(32-37)48(4,5)6)36-30-42(50-43(31-36)41-22-11-13-24-45(41)52)34-19-16-20-39(29-34)51(46-25-14-15-26-49-46)44-23-12-10-21-40(44)33-17-8-7-9-18-33/h7-32,52H,1-6H3. The average molecular weight is 680 g/mol. The Bertz CT molecular complexity index is 2300. The molecule has 4 nitrogen and oxygen atoms in total. The van der Waals surface area contributed by atoms with E-state index in [0.717, 1.165) is 50.7 Å². The van der Waals surface area contributed by atoms with Gasteiger partial charge in [0.25, 0.3) is 0 Å². The molecule has 4 heteroatoms. The van der Waals surface area contributed by atoms with Crippen molar-refractivity contribution in [1.29, 1.82) is 0 Å². The highest BCUT2D eigenvalue weighted by Gasteiger charge is 2.23. The van der Waals surface area contributed by atoms with Crippen LogP contribution in [0, 0.1) is 0 Å². The molecule has 7 aromatic rings. The summed E-state index contributed by atoms with van der Waals surface area (Å²) in [5.74, 6) is 1.01. The predicted octanol–water partition coefficient (Wildman–Crippen LogP) is 12.9. The quantitative estimate of drug-likeness (QED) is 0.182. The van der Waals surface area contributed by atoms with Crippen molar-refractivity contribution in [3.63, 3.8) is 0 Å². The molecule has 0 unspecified atom stereocenters. The van der Waals surface area contributed by atoms with Gasteiger partial charge in [0, 0.05) is 28.6 Å². The highest BCUT2D eigenvalue weighted by Crippen LogP contribution is 2.42. The smallest absolute Gasteiger partial charge is 0.137 e. The zero-order valence-corrected chi connectivity index (χ0v) is 30.8. The van der Waals surface area contributed by atoms with Crippen molar-refractivity contribution in [2.45, 2.75) is 52.4 Å². The first-order valence-electron chi connectivity index (χ1n) is 17.9. The summed E-state index contributed by atoms with van der Waals surface area (Å²) in [4.78, 5) is 12.3.